The van der Waals surface area contributed by atoms with E-state index in [1.807, 2.05) is 48.6 Å². The van der Waals surface area contributed by atoms with Crippen molar-refractivity contribution in [2.75, 3.05) is 26.4 Å². The number of fused-ring (bicyclic) bond motifs is 8. The van der Waals surface area contributed by atoms with Crippen LogP contribution in [0.2, 0.25) is 0 Å². The van der Waals surface area contributed by atoms with Gasteiger partial charge in [0.15, 0.2) is 48.8 Å². The monoisotopic (exact) mass is 1710 g/mol. The lowest BCUT2D eigenvalue weighted by Crippen LogP contribution is -2.59. The van der Waals surface area contributed by atoms with Gasteiger partial charge in [-0.3, -0.25) is 57.5 Å². The molecular weight excluding hydrogens is 1620 g/mol. The van der Waals surface area contributed by atoms with Crippen LogP contribution in [0.3, 0.4) is 0 Å². The molecule has 0 radical (unpaired) electrons. The number of hydrogen-bond acceptors (Lipinski definition) is 34. The molecule has 124 heavy (non-hydrogen) atoms. The second-order valence-electron chi connectivity index (χ2n) is 29.1. The maximum absolute atomic E-state index is 12.7. The minimum absolute atomic E-state index is 0.193. The molecule has 16 atom stereocenters. The molecule has 8 bridgehead atoms. The molecule has 36 heteroatoms. The van der Waals surface area contributed by atoms with Crippen LogP contribution in [0, 0.1) is 0 Å². The smallest absolute Gasteiger partial charge is 0.303 e. The molecule has 6 aliphatic rings. The number of nitrogens with zero attached hydrogens (tertiary/aromatic N) is 2. The summed E-state index contributed by atoms with van der Waals surface area (Å²) in [5.41, 5.74) is 8.07. The summed E-state index contributed by atoms with van der Waals surface area (Å²) in [6.07, 6.45) is -14.1. The molecule has 36 nitrogen and oxygen atoms in total. The van der Waals surface area contributed by atoms with Crippen LogP contribution >= 0.6 is 0 Å². The van der Waals surface area contributed by atoms with Gasteiger partial charge in [-0.15, -0.1) is 0 Å². The molecule has 13 rings (SSSR count). The van der Waals surface area contributed by atoms with Crippen molar-refractivity contribution in [1.29, 1.82) is 0 Å². The lowest BCUT2D eigenvalue weighted by molar-refractivity contribution is -0.259. The van der Waals surface area contributed by atoms with E-state index in [4.69, 9.17) is 105 Å². The number of esters is 12. The number of hydrogen-bond donors (Lipinski definition) is 2. The quantitative estimate of drug-likeness (QED) is 0.0420. The minimum atomic E-state index is -1.43. The van der Waals surface area contributed by atoms with E-state index >= 15 is 0 Å². The van der Waals surface area contributed by atoms with Gasteiger partial charge in [0.25, 0.3) is 0 Å². The van der Waals surface area contributed by atoms with Crippen molar-refractivity contribution in [1.82, 2.24) is 19.9 Å². The molecule has 650 valence electrons. The van der Waals surface area contributed by atoms with E-state index in [-0.39, 0.29) is 49.4 Å². The molecule has 0 amide bonds. The zero-order valence-corrected chi connectivity index (χ0v) is 68.9. The van der Waals surface area contributed by atoms with Gasteiger partial charge in [-0.25, -0.2) is 9.97 Å². The molecular formula is C88H86N4O32. The van der Waals surface area contributed by atoms with Crippen molar-refractivity contribution in [2.24, 2.45) is 0 Å². The minimum Gasteiger partial charge on any atom is -0.461 e. The summed E-state index contributed by atoms with van der Waals surface area (Å²) in [4.78, 5) is 168. The summed E-state index contributed by atoms with van der Waals surface area (Å²) in [6.45, 7) is 12.5. The SMILES string of the molecule is CC(=O)O[C@@H]1[C@H](Oc2ccc(-c3c4nc(c(-c5ccc(O[C@@H]6OC[C@@H](OC(C)=O)[C@@H](OC(C)=O)[C@@H]6OC(C)=O)cc5)c5ccc([nH]5)c(-c5ccc(O[C@@H]6OC[C@@H](OC(C)=O)[C@@H](OC(C)=O)[C@@H]6OC(C)=O)cc5)c5nc(c(-c6ccc(O[C@@H]7OC[C@@H](OC(C)=O)[C@@H](OC(C)=O)[C@@H]7OC(C)=O)cc6)c6ccc3[nH]6)C=C5)C=C4)cc2)OC[C@@H](OC(C)=O)[C@H]1OC(C)=O. The van der Waals surface area contributed by atoms with Crippen LogP contribution in [-0.2, 0) is 133 Å². The third kappa shape index (κ3) is 21.2. The number of benzene rings is 4. The summed E-state index contributed by atoms with van der Waals surface area (Å²) in [5.74, 6) is -8.24. The Hall–Kier alpha value is -13.8. The van der Waals surface area contributed by atoms with Crippen LogP contribution in [0.4, 0.5) is 0 Å². The summed E-state index contributed by atoms with van der Waals surface area (Å²) >= 11 is 0. The lowest BCUT2D eigenvalue weighted by atomic mass is 10.0. The Balaban J connectivity index is 0.982. The average molecular weight is 1710 g/mol. The number of rotatable bonds is 24. The highest BCUT2D eigenvalue weighted by Crippen LogP contribution is 2.42. The number of carbonyl (C=O) groups excluding carboxylic acids is 12. The first kappa shape index (κ1) is 88.0. The number of aromatic nitrogens is 4. The largest absolute Gasteiger partial charge is 0.461 e. The van der Waals surface area contributed by atoms with E-state index < -0.39 is 170 Å². The zero-order chi connectivity index (χ0) is 88.5. The first-order valence-corrected chi connectivity index (χ1v) is 39.0. The fraction of sp³-hybridized carbons (Fsp3) is 0.364. The second kappa shape index (κ2) is 38.5. The summed E-state index contributed by atoms with van der Waals surface area (Å²) < 4.78 is 117. The van der Waals surface area contributed by atoms with Gasteiger partial charge in [0.1, 0.15) is 23.0 Å². The van der Waals surface area contributed by atoms with Gasteiger partial charge < -0.3 is 105 Å². The Morgan fingerprint density at radius 2 is 0.411 bits per heavy atom. The van der Waals surface area contributed by atoms with Crippen LogP contribution in [0.25, 0.3) is 90.9 Å². The lowest BCUT2D eigenvalue weighted by Gasteiger charge is -2.40. The molecule has 4 saturated heterocycles. The van der Waals surface area contributed by atoms with Crippen molar-refractivity contribution < 1.29 is 152 Å². The van der Waals surface area contributed by atoms with Gasteiger partial charge in [0.2, 0.25) is 49.6 Å². The second-order valence-corrected chi connectivity index (χ2v) is 29.1. The van der Waals surface area contributed by atoms with E-state index in [1.54, 1.807) is 97.1 Å². The standard InChI is InChI=1S/C88H86N4O32/c1-41(93)109-69-37-105-85(81(117-49(9)101)77(69)113-45(5)97)121-57-21-13-53(14-22-57)73-61-29-31-63(89-61)74(54-15-23-58(24-16-54)122-86-82(118-50(10)102)78(114-46(6)98)70(38-106-86)110-42(2)94)65-33-35-67(91-65)76(56-19-27-60(28-20-56)124-88-84(120-52(12)104)80(116-48(8)100)72(40-108-88)112-44(4)96)68-36-34-66(92-68)75(64-32-30-62(73)90-64)55-17-25-59(26-18-55)123-87-83(119-51(11)103)79(115-47(7)99)71(39-107-87)111-43(3)95/h13-36,69-72,77-89,92H,37-40H2,1-12H3/t69-,70-,71-,72-,77-,78-,79-,80-,81+,82+,83+,84+,85+,86+,87+,88+/m1/s1. The third-order valence-electron chi connectivity index (χ3n) is 19.6. The number of nitrogens with one attached hydrogen (secondary N) is 2. The van der Waals surface area contributed by atoms with Crippen LogP contribution in [0.1, 0.15) is 106 Å². The van der Waals surface area contributed by atoms with Gasteiger partial charge in [-0.05, 0) is 119 Å². The molecule has 3 aromatic heterocycles. The molecule has 7 aromatic rings. The van der Waals surface area contributed by atoms with E-state index in [0.717, 1.165) is 83.1 Å². The highest BCUT2D eigenvalue weighted by molar-refractivity contribution is 6.00. The van der Waals surface area contributed by atoms with Crippen molar-refractivity contribution in [3.63, 3.8) is 0 Å². The summed E-state index contributed by atoms with van der Waals surface area (Å²) in [5, 5.41) is 0. The first-order chi connectivity index (χ1) is 59.3. The first-order valence-electron chi connectivity index (χ1n) is 39.0. The molecule has 9 heterocycles. The number of carbonyl (C=O) groups is 12. The van der Waals surface area contributed by atoms with E-state index in [2.05, 4.69) is 9.97 Å². The Kier molecular flexibility index (Phi) is 27.3. The number of aromatic amines is 2. The number of ether oxygens (including phenoxy) is 20. The van der Waals surface area contributed by atoms with Crippen LogP contribution in [-0.4, -0.2) is 216 Å². The van der Waals surface area contributed by atoms with Crippen molar-refractivity contribution in [3.8, 4) is 67.5 Å². The molecule has 4 aromatic carbocycles. The normalized spacial score (nSPS) is 23.7. The number of H-pyrrole nitrogens is 2. The average Bonchev–Trinajstić information content (AvgIpc) is 1.50. The summed E-state index contributed by atoms with van der Waals surface area (Å²) in [6, 6.07) is 34.5. The highest BCUT2D eigenvalue weighted by atomic mass is 16.8. The maximum Gasteiger partial charge on any atom is 0.303 e. The van der Waals surface area contributed by atoms with Crippen molar-refractivity contribution >= 4 is 118 Å². The van der Waals surface area contributed by atoms with E-state index in [0.29, 0.717) is 89.4 Å². The van der Waals surface area contributed by atoms with Crippen molar-refractivity contribution in [2.45, 2.75) is 181 Å². The Morgan fingerprint density at radius 3 is 0.581 bits per heavy atom. The van der Waals surface area contributed by atoms with Gasteiger partial charge >= 0.3 is 71.6 Å². The molecule has 0 unspecified atom stereocenters. The van der Waals surface area contributed by atoms with Crippen molar-refractivity contribution in [3.05, 3.63) is 144 Å². The molecule has 4 fully saturated rings. The third-order valence-corrected chi connectivity index (χ3v) is 19.6. The predicted octanol–water partition coefficient (Wildman–Crippen LogP) is 9.44. The fourth-order valence-electron chi connectivity index (χ4n) is 15.0. The molecule has 6 aliphatic heterocycles. The zero-order valence-electron chi connectivity index (χ0n) is 68.9. The molecule has 0 spiro atoms. The topological polar surface area (TPSA) is 447 Å². The van der Waals surface area contributed by atoms with Crippen LogP contribution in [0.5, 0.6) is 23.0 Å². The Morgan fingerprint density at radius 1 is 0.242 bits per heavy atom. The van der Waals surface area contributed by atoms with Gasteiger partial charge in [-0.1, -0.05) is 48.5 Å². The fourth-order valence-corrected chi connectivity index (χ4v) is 15.0. The Bertz CT molecular complexity index is 4840. The van der Waals surface area contributed by atoms with E-state index in [1.165, 1.54) is 0 Å². The highest BCUT2D eigenvalue weighted by Gasteiger charge is 2.53. The molecule has 0 aliphatic carbocycles. The molecule has 2 N–H and O–H groups in total. The van der Waals surface area contributed by atoms with Gasteiger partial charge in [0.05, 0.1) is 49.2 Å². The van der Waals surface area contributed by atoms with Crippen LogP contribution in [0.15, 0.2) is 121 Å². The van der Waals surface area contributed by atoms with Gasteiger partial charge in [-0.2, -0.15) is 0 Å². The Labute approximate surface area is 706 Å². The summed E-state index contributed by atoms with van der Waals surface area (Å²) in [7, 11) is 0. The van der Waals surface area contributed by atoms with Gasteiger partial charge in [0, 0.05) is 127 Å². The van der Waals surface area contributed by atoms with Crippen LogP contribution < -0.4 is 18.9 Å². The predicted molar refractivity (Wildman–Crippen MR) is 429 cm³/mol. The molecule has 0 saturated carbocycles. The maximum atomic E-state index is 12.7. The van der Waals surface area contributed by atoms with E-state index in [9.17, 15) is 57.5 Å².